The third-order valence-corrected chi connectivity index (χ3v) is 6.97. The third-order valence-electron chi connectivity index (χ3n) is 6.97. The first-order chi connectivity index (χ1) is 12.2. The van der Waals surface area contributed by atoms with E-state index in [9.17, 15) is 4.79 Å². The Bertz CT molecular complexity index is 827. The molecule has 1 saturated heterocycles. The number of benzene rings is 1. The first-order valence-corrected chi connectivity index (χ1v) is 9.26. The van der Waals surface area contributed by atoms with Crippen molar-refractivity contribution in [2.75, 3.05) is 25.5 Å². The van der Waals surface area contributed by atoms with Gasteiger partial charge in [-0.25, -0.2) is 4.79 Å². The zero-order valence-corrected chi connectivity index (χ0v) is 14.8. The molecule has 5 rings (SSSR count). The highest BCUT2D eigenvalue weighted by Crippen LogP contribution is 2.64. The second-order valence-electron chi connectivity index (χ2n) is 7.80. The van der Waals surface area contributed by atoms with Gasteiger partial charge in [0.05, 0.1) is 18.1 Å². The highest BCUT2D eigenvalue weighted by atomic mass is 16.5. The molecular weight excluding hydrogens is 312 g/mol. The molecule has 1 N–H and O–H groups in total. The summed E-state index contributed by atoms with van der Waals surface area (Å²) in [5.41, 5.74) is 4.34. The van der Waals surface area contributed by atoms with Crippen LogP contribution in [0.25, 0.3) is 0 Å². The van der Waals surface area contributed by atoms with Crippen LogP contribution in [0, 0.1) is 5.41 Å². The number of fused-ring (bicyclic) bond motifs is 1. The number of anilines is 1. The fraction of sp³-hybridized carbons (Fsp3) is 0.476. The Morgan fingerprint density at radius 3 is 3.04 bits per heavy atom. The van der Waals surface area contributed by atoms with Crippen LogP contribution in [0.4, 0.5) is 5.69 Å². The molecule has 1 aliphatic carbocycles. The van der Waals surface area contributed by atoms with Crippen LogP contribution in [-0.4, -0.2) is 37.1 Å². The Labute approximate surface area is 148 Å². The summed E-state index contributed by atoms with van der Waals surface area (Å²) in [5, 5.41) is 3.62. The number of methoxy groups -OCH3 is 1. The third kappa shape index (κ3) is 1.68. The molecule has 0 saturated carbocycles. The van der Waals surface area contributed by atoms with Gasteiger partial charge in [0.25, 0.3) is 0 Å². The van der Waals surface area contributed by atoms with Crippen molar-refractivity contribution in [3.05, 3.63) is 53.3 Å². The van der Waals surface area contributed by atoms with Gasteiger partial charge in [0.2, 0.25) is 0 Å². The lowest BCUT2D eigenvalue weighted by molar-refractivity contribution is -0.137. The van der Waals surface area contributed by atoms with Crippen molar-refractivity contribution in [3.63, 3.8) is 0 Å². The molecule has 25 heavy (non-hydrogen) atoms. The van der Waals surface area contributed by atoms with E-state index in [0.717, 1.165) is 49.3 Å². The standard InChI is InChI=1S/C21H24N2O2/c1-3-20-9-6-11-23-12-10-21(19(20)23)15-7-4-5-8-16(15)22-17(21)14(13-20)18(24)25-2/h4-9,19,22H,3,10-13H2,1-2H3/t19-,20-,21?/m0/s1. The number of hydrogen-bond donors (Lipinski definition) is 1. The summed E-state index contributed by atoms with van der Waals surface area (Å²) in [6.45, 7) is 4.34. The maximum atomic E-state index is 12.7. The Balaban J connectivity index is 1.83. The monoisotopic (exact) mass is 336 g/mol. The van der Waals surface area contributed by atoms with E-state index in [1.165, 1.54) is 12.7 Å². The molecule has 0 radical (unpaired) electrons. The summed E-state index contributed by atoms with van der Waals surface area (Å²) in [4.78, 5) is 15.3. The predicted molar refractivity (Wildman–Crippen MR) is 97.2 cm³/mol. The number of hydrogen-bond acceptors (Lipinski definition) is 4. The first kappa shape index (κ1) is 15.2. The highest BCUT2D eigenvalue weighted by Gasteiger charge is 2.65. The minimum absolute atomic E-state index is 0.000898. The number of carbonyl (C=O) groups excluding carboxylic acids is 1. The molecule has 1 fully saturated rings. The average molecular weight is 336 g/mol. The molecule has 4 nitrogen and oxygen atoms in total. The van der Waals surface area contributed by atoms with Gasteiger partial charge >= 0.3 is 5.97 Å². The summed E-state index contributed by atoms with van der Waals surface area (Å²) < 4.78 is 5.19. The molecular formula is C21H24N2O2. The normalized spacial score (nSPS) is 35.0. The summed E-state index contributed by atoms with van der Waals surface area (Å²) in [6, 6.07) is 8.99. The van der Waals surface area contributed by atoms with Gasteiger partial charge in [0.1, 0.15) is 0 Å². The molecule has 1 spiro atoms. The Kier molecular flexibility index (Phi) is 3.03. The maximum absolute atomic E-state index is 12.7. The summed E-state index contributed by atoms with van der Waals surface area (Å²) >= 11 is 0. The van der Waals surface area contributed by atoms with Gasteiger partial charge in [0.15, 0.2) is 0 Å². The minimum atomic E-state index is -0.182. The molecule has 0 aromatic heterocycles. The van der Waals surface area contributed by atoms with Gasteiger partial charge in [-0.05, 0) is 30.9 Å². The van der Waals surface area contributed by atoms with Crippen molar-refractivity contribution < 1.29 is 9.53 Å². The molecule has 3 heterocycles. The molecule has 1 aromatic carbocycles. The van der Waals surface area contributed by atoms with Crippen LogP contribution in [0.2, 0.25) is 0 Å². The lowest BCUT2D eigenvalue weighted by Gasteiger charge is -2.53. The predicted octanol–water partition coefficient (Wildman–Crippen LogP) is 3.22. The van der Waals surface area contributed by atoms with Crippen LogP contribution >= 0.6 is 0 Å². The zero-order valence-electron chi connectivity index (χ0n) is 14.8. The van der Waals surface area contributed by atoms with E-state index in [-0.39, 0.29) is 16.8 Å². The zero-order chi connectivity index (χ0) is 17.2. The number of carbonyl (C=O) groups is 1. The van der Waals surface area contributed by atoms with Crippen LogP contribution in [0.3, 0.4) is 0 Å². The fourth-order valence-electron chi connectivity index (χ4n) is 6.02. The number of rotatable bonds is 2. The summed E-state index contributed by atoms with van der Waals surface area (Å²) in [5.74, 6) is -0.182. The largest absolute Gasteiger partial charge is 0.466 e. The van der Waals surface area contributed by atoms with Crippen molar-refractivity contribution >= 4 is 11.7 Å². The van der Waals surface area contributed by atoms with Gasteiger partial charge in [0, 0.05) is 35.9 Å². The van der Waals surface area contributed by atoms with E-state index >= 15 is 0 Å². The average Bonchev–Trinajstić information content (AvgIpc) is 3.21. The van der Waals surface area contributed by atoms with E-state index in [1.807, 2.05) is 0 Å². The molecule has 130 valence electrons. The Morgan fingerprint density at radius 1 is 1.40 bits per heavy atom. The number of nitrogens with zero attached hydrogens (tertiary/aromatic N) is 1. The van der Waals surface area contributed by atoms with Crippen molar-refractivity contribution in [1.29, 1.82) is 0 Å². The van der Waals surface area contributed by atoms with E-state index < -0.39 is 0 Å². The molecule has 4 heteroatoms. The molecule has 4 aliphatic rings. The van der Waals surface area contributed by atoms with Gasteiger partial charge < -0.3 is 10.1 Å². The van der Waals surface area contributed by atoms with Gasteiger partial charge in [-0.15, -0.1) is 0 Å². The quantitative estimate of drug-likeness (QED) is 0.665. The smallest absolute Gasteiger partial charge is 0.335 e. The first-order valence-electron chi connectivity index (χ1n) is 9.26. The summed E-state index contributed by atoms with van der Waals surface area (Å²) in [7, 11) is 1.49. The lowest BCUT2D eigenvalue weighted by atomic mass is 9.55. The number of esters is 1. The van der Waals surface area contributed by atoms with Crippen LogP contribution < -0.4 is 5.32 Å². The molecule has 3 aliphatic heterocycles. The number of ether oxygens (including phenoxy) is 1. The Hall–Kier alpha value is -2.07. The van der Waals surface area contributed by atoms with Gasteiger partial charge in [-0.2, -0.15) is 0 Å². The second-order valence-corrected chi connectivity index (χ2v) is 7.80. The molecule has 3 atom stereocenters. The van der Waals surface area contributed by atoms with E-state index in [1.54, 1.807) is 0 Å². The summed E-state index contributed by atoms with van der Waals surface area (Å²) in [6.07, 6.45) is 7.53. The Morgan fingerprint density at radius 2 is 2.24 bits per heavy atom. The number of nitrogens with one attached hydrogen (secondary N) is 1. The van der Waals surface area contributed by atoms with Crippen LogP contribution in [0.1, 0.15) is 31.7 Å². The molecule has 0 bridgehead atoms. The van der Waals surface area contributed by atoms with Gasteiger partial charge in [-0.3, -0.25) is 4.90 Å². The van der Waals surface area contributed by atoms with Gasteiger partial charge in [-0.1, -0.05) is 37.3 Å². The highest BCUT2D eigenvalue weighted by molar-refractivity contribution is 5.93. The van der Waals surface area contributed by atoms with Crippen molar-refractivity contribution in [2.24, 2.45) is 5.41 Å². The van der Waals surface area contributed by atoms with E-state index in [4.69, 9.17) is 4.74 Å². The van der Waals surface area contributed by atoms with E-state index in [2.05, 4.69) is 53.6 Å². The molecule has 1 unspecified atom stereocenters. The SMILES string of the molecule is CC[C@]12C=CCN3CCC4(C(=C(C(=O)OC)C1)Nc1ccccc14)[C@@H]32. The molecule has 0 amide bonds. The van der Waals surface area contributed by atoms with Crippen LogP contribution in [-0.2, 0) is 14.9 Å². The maximum Gasteiger partial charge on any atom is 0.335 e. The minimum Gasteiger partial charge on any atom is -0.466 e. The van der Waals surface area contributed by atoms with Crippen molar-refractivity contribution in [2.45, 2.75) is 37.6 Å². The fourth-order valence-corrected chi connectivity index (χ4v) is 6.02. The topological polar surface area (TPSA) is 41.6 Å². The van der Waals surface area contributed by atoms with E-state index in [0.29, 0.717) is 6.04 Å². The van der Waals surface area contributed by atoms with Crippen molar-refractivity contribution in [3.8, 4) is 0 Å². The molecule has 1 aromatic rings. The lowest BCUT2D eigenvalue weighted by Crippen LogP contribution is -2.58. The second kappa shape index (κ2) is 4.98. The van der Waals surface area contributed by atoms with Crippen LogP contribution in [0.5, 0.6) is 0 Å². The number of para-hydroxylation sites is 1. The van der Waals surface area contributed by atoms with Crippen LogP contribution in [0.15, 0.2) is 47.7 Å². The van der Waals surface area contributed by atoms with Crippen molar-refractivity contribution in [1.82, 2.24) is 4.90 Å².